The van der Waals surface area contributed by atoms with E-state index in [9.17, 15) is 0 Å². The van der Waals surface area contributed by atoms with E-state index in [1.807, 2.05) is 30.3 Å². The van der Waals surface area contributed by atoms with Crippen molar-refractivity contribution in [2.24, 2.45) is 16.8 Å². The smallest absolute Gasteiger partial charge is 0.147 e. The zero-order valence-corrected chi connectivity index (χ0v) is 10.0. The first kappa shape index (κ1) is 11.9. The lowest BCUT2D eigenvalue weighted by Crippen LogP contribution is -2.33. The summed E-state index contributed by atoms with van der Waals surface area (Å²) in [6.07, 6.45) is 1.22. The van der Waals surface area contributed by atoms with Crippen molar-refractivity contribution >= 4 is 5.84 Å². The predicted octanol–water partition coefficient (Wildman–Crippen LogP) is 1.51. The van der Waals surface area contributed by atoms with Gasteiger partial charge in [-0.1, -0.05) is 42.4 Å². The highest BCUT2D eigenvalue weighted by Gasteiger charge is 2.32. The number of rotatable bonds is 5. The fourth-order valence-electron chi connectivity index (χ4n) is 2.02. The molecule has 0 amide bonds. The Balaban J connectivity index is 2.03. The molecular weight excluding hydrogens is 214 g/mol. The molecule has 3 unspecified atom stereocenters. The molecule has 1 fully saturated rings. The van der Waals surface area contributed by atoms with Gasteiger partial charge in [0, 0.05) is 12.6 Å². The van der Waals surface area contributed by atoms with Crippen molar-refractivity contribution in [2.75, 3.05) is 6.54 Å². The first-order valence-electron chi connectivity index (χ1n) is 5.98. The number of hydrogen-bond acceptors (Lipinski definition) is 3. The maximum Gasteiger partial charge on any atom is 0.147 e. The summed E-state index contributed by atoms with van der Waals surface area (Å²) in [5.41, 5.74) is 6.82. The second-order valence-electron chi connectivity index (χ2n) is 4.72. The molecule has 0 aromatic heterocycles. The molecule has 4 nitrogen and oxygen atoms in total. The average molecular weight is 233 g/mol. The van der Waals surface area contributed by atoms with Crippen molar-refractivity contribution in [3.8, 4) is 0 Å². The maximum atomic E-state index is 8.83. The predicted molar refractivity (Wildman–Crippen MR) is 68.2 cm³/mol. The summed E-state index contributed by atoms with van der Waals surface area (Å²) in [5.74, 6) is 0.949. The number of nitrogens with two attached hydrogens (primary N) is 1. The molecule has 1 aliphatic rings. The maximum absolute atomic E-state index is 8.83. The van der Waals surface area contributed by atoms with Gasteiger partial charge in [0.1, 0.15) is 5.84 Å². The molecule has 0 heterocycles. The van der Waals surface area contributed by atoms with Crippen LogP contribution >= 0.6 is 0 Å². The minimum Gasteiger partial charge on any atom is -0.409 e. The third-order valence-electron chi connectivity index (χ3n) is 3.37. The van der Waals surface area contributed by atoms with Gasteiger partial charge in [0.05, 0.1) is 5.92 Å². The molecule has 0 spiro atoms. The lowest BCUT2D eigenvalue weighted by molar-refractivity contribution is 0.315. The van der Waals surface area contributed by atoms with E-state index in [0.29, 0.717) is 6.04 Å². The molecule has 1 aromatic carbocycles. The van der Waals surface area contributed by atoms with Crippen LogP contribution in [0, 0.1) is 5.92 Å². The zero-order valence-electron chi connectivity index (χ0n) is 10.0. The van der Waals surface area contributed by atoms with Crippen molar-refractivity contribution < 1.29 is 5.21 Å². The minimum absolute atomic E-state index is 0.0611. The van der Waals surface area contributed by atoms with Gasteiger partial charge in [-0.15, -0.1) is 0 Å². The van der Waals surface area contributed by atoms with Crippen LogP contribution in [0.5, 0.6) is 0 Å². The largest absolute Gasteiger partial charge is 0.409 e. The number of amidine groups is 1. The summed E-state index contributed by atoms with van der Waals surface area (Å²) < 4.78 is 0. The van der Waals surface area contributed by atoms with Gasteiger partial charge in [0.25, 0.3) is 0 Å². The normalized spacial score (nSPS) is 25.6. The van der Waals surface area contributed by atoms with Crippen molar-refractivity contribution in [1.29, 1.82) is 0 Å². The molecule has 0 aliphatic heterocycles. The molecule has 0 radical (unpaired) electrons. The van der Waals surface area contributed by atoms with Crippen LogP contribution in [0.15, 0.2) is 35.5 Å². The first-order valence-corrected chi connectivity index (χ1v) is 5.98. The van der Waals surface area contributed by atoms with E-state index in [2.05, 4.69) is 17.4 Å². The van der Waals surface area contributed by atoms with Crippen LogP contribution in [0.4, 0.5) is 0 Å². The van der Waals surface area contributed by atoms with E-state index in [4.69, 9.17) is 10.9 Å². The Morgan fingerprint density at radius 1 is 1.53 bits per heavy atom. The van der Waals surface area contributed by atoms with Gasteiger partial charge in [0.2, 0.25) is 0 Å². The quantitative estimate of drug-likeness (QED) is 0.312. The number of nitrogens with zero attached hydrogens (tertiary/aromatic N) is 1. The molecule has 1 saturated carbocycles. The van der Waals surface area contributed by atoms with Crippen molar-refractivity contribution in [3.05, 3.63) is 35.9 Å². The summed E-state index contributed by atoms with van der Waals surface area (Å²) >= 11 is 0. The molecular formula is C13H19N3O. The third-order valence-corrected chi connectivity index (χ3v) is 3.37. The van der Waals surface area contributed by atoms with Gasteiger partial charge in [-0.25, -0.2) is 0 Å². The lowest BCUT2D eigenvalue weighted by atomic mass is 9.98. The summed E-state index contributed by atoms with van der Waals surface area (Å²) in [6.45, 7) is 2.94. The monoisotopic (exact) mass is 233 g/mol. The Morgan fingerprint density at radius 2 is 2.18 bits per heavy atom. The van der Waals surface area contributed by atoms with Crippen molar-refractivity contribution in [2.45, 2.75) is 25.3 Å². The first-order chi connectivity index (χ1) is 8.22. The molecule has 4 heteroatoms. The number of oxime groups is 1. The van der Waals surface area contributed by atoms with E-state index in [1.165, 1.54) is 6.42 Å². The highest BCUT2D eigenvalue weighted by Crippen LogP contribution is 2.29. The molecule has 92 valence electrons. The van der Waals surface area contributed by atoms with Gasteiger partial charge < -0.3 is 16.3 Å². The SMILES string of the molecule is CC1CC1NCC(C(N)=NO)c1ccccc1. The Labute approximate surface area is 102 Å². The van der Waals surface area contributed by atoms with Gasteiger partial charge in [-0.2, -0.15) is 0 Å². The van der Waals surface area contributed by atoms with Crippen molar-refractivity contribution in [1.82, 2.24) is 5.32 Å². The fraction of sp³-hybridized carbons (Fsp3) is 0.462. The summed E-state index contributed by atoms with van der Waals surface area (Å²) in [7, 11) is 0. The Bertz CT molecular complexity index is 391. The second kappa shape index (κ2) is 5.19. The van der Waals surface area contributed by atoms with Gasteiger partial charge in [0.15, 0.2) is 0 Å². The van der Waals surface area contributed by atoms with Crippen LogP contribution in [-0.4, -0.2) is 23.6 Å². The molecule has 0 saturated heterocycles. The Kier molecular flexibility index (Phi) is 3.64. The molecule has 1 aromatic rings. The summed E-state index contributed by atoms with van der Waals surface area (Å²) in [4.78, 5) is 0. The van der Waals surface area contributed by atoms with E-state index in [1.54, 1.807) is 0 Å². The number of nitrogens with one attached hydrogen (secondary N) is 1. The van der Waals surface area contributed by atoms with Crippen LogP contribution in [0.1, 0.15) is 24.8 Å². The molecule has 4 N–H and O–H groups in total. The van der Waals surface area contributed by atoms with Crippen LogP contribution in [0.25, 0.3) is 0 Å². The Morgan fingerprint density at radius 3 is 2.71 bits per heavy atom. The average Bonchev–Trinajstić information content (AvgIpc) is 3.06. The van der Waals surface area contributed by atoms with Crippen LogP contribution < -0.4 is 11.1 Å². The molecule has 3 atom stereocenters. The highest BCUT2D eigenvalue weighted by molar-refractivity contribution is 5.87. The number of benzene rings is 1. The van der Waals surface area contributed by atoms with Crippen LogP contribution in [0.3, 0.4) is 0 Å². The van der Waals surface area contributed by atoms with Gasteiger partial charge in [-0.3, -0.25) is 0 Å². The van der Waals surface area contributed by atoms with Crippen LogP contribution in [0.2, 0.25) is 0 Å². The van der Waals surface area contributed by atoms with E-state index in [-0.39, 0.29) is 11.8 Å². The fourth-order valence-corrected chi connectivity index (χ4v) is 2.02. The van der Waals surface area contributed by atoms with E-state index in [0.717, 1.165) is 18.0 Å². The zero-order chi connectivity index (χ0) is 12.3. The highest BCUT2D eigenvalue weighted by atomic mass is 16.4. The Hall–Kier alpha value is -1.55. The topological polar surface area (TPSA) is 70.6 Å². The summed E-state index contributed by atoms with van der Waals surface area (Å²) in [6, 6.07) is 10.5. The second-order valence-corrected chi connectivity index (χ2v) is 4.72. The molecule has 17 heavy (non-hydrogen) atoms. The third kappa shape index (κ3) is 2.97. The lowest BCUT2D eigenvalue weighted by Gasteiger charge is -2.16. The minimum atomic E-state index is -0.0611. The van der Waals surface area contributed by atoms with Gasteiger partial charge in [-0.05, 0) is 17.9 Å². The van der Waals surface area contributed by atoms with Crippen LogP contribution in [-0.2, 0) is 0 Å². The van der Waals surface area contributed by atoms with E-state index >= 15 is 0 Å². The summed E-state index contributed by atoms with van der Waals surface area (Å²) in [5, 5.41) is 15.4. The van der Waals surface area contributed by atoms with E-state index < -0.39 is 0 Å². The standard InChI is InChI=1S/C13H19N3O/c1-9-7-12(9)15-8-11(13(14)16-17)10-5-3-2-4-6-10/h2-6,9,11-12,15,17H,7-8H2,1H3,(H2,14,16). The molecule has 1 aliphatic carbocycles. The molecule has 0 bridgehead atoms. The van der Waals surface area contributed by atoms with Crippen molar-refractivity contribution in [3.63, 3.8) is 0 Å². The molecule has 2 rings (SSSR count). The number of hydrogen-bond donors (Lipinski definition) is 3. The van der Waals surface area contributed by atoms with Gasteiger partial charge >= 0.3 is 0 Å².